The molecule has 3 aromatic carbocycles. The highest BCUT2D eigenvalue weighted by Gasteiger charge is 2.37. The summed E-state index contributed by atoms with van der Waals surface area (Å²) in [6.45, 7) is 12.2. The topological polar surface area (TPSA) is 111 Å². The number of fused-ring (bicyclic) bond motifs is 1. The number of aliphatic carboxylic acids is 1. The fourth-order valence-electron chi connectivity index (χ4n) is 6.80. The third-order valence-electron chi connectivity index (χ3n) is 9.62. The molecule has 0 radical (unpaired) electrons. The number of anilines is 1. The summed E-state index contributed by atoms with van der Waals surface area (Å²) in [4.78, 5) is 40.7. The zero-order valence-corrected chi connectivity index (χ0v) is 30.4. The molecule has 3 atom stereocenters. The molecule has 9 nitrogen and oxygen atoms in total. The number of hydrogen-bond acceptors (Lipinski definition) is 6. The van der Waals surface area contributed by atoms with E-state index in [9.17, 15) is 18.8 Å². The van der Waals surface area contributed by atoms with Crippen LogP contribution in [0.25, 0.3) is 10.8 Å². The maximum atomic E-state index is 15.0. The van der Waals surface area contributed by atoms with Crippen molar-refractivity contribution in [3.05, 3.63) is 76.9 Å². The standard InChI is InChI=1S/C41H51FN4O5/c1-27-13-17-31(44-37-26-46(25-36(37)42)40(50)51-41(3,4)5)24-35(27)39(49)43-28(2)32-18-16-30(33-10-6-7-11-34(32)33)15-14-29-19-22-45(23-20-29)21-9-8-12-38(47)48/h6-7,10-11,13,16-18,24,28-29,36-37,44H,8-9,12,19-23,25-26H2,1-5H3,(H,43,49)(H,47,48)/t28-,36+,37+/m1/s1. The van der Waals surface area contributed by atoms with E-state index in [1.807, 2.05) is 50.2 Å². The molecule has 0 bridgehead atoms. The second-order valence-corrected chi connectivity index (χ2v) is 14.9. The zero-order chi connectivity index (χ0) is 36.7. The van der Waals surface area contributed by atoms with Crippen LogP contribution in [0.1, 0.15) is 92.9 Å². The highest BCUT2D eigenvalue weighted by Crippen LogP contribution is 2.29. The van der Waals surface area contributed by atoms with Crippen LogP contribution in [0.5, 0.6) is 0 Å². The molecule has 3 N–H and O–H groups in total. The average Bonchev–Trinajstić information content (AvgIpc) is 3.45. The van der Waals surface area contributed by atoms with Crippen LogP contribution in [0.3, 0.4) is 0 Å². The number of carboxylic acid groups (broad SMARTS) is 1. The van der Waals surface area contributed by atoms with Gasteiger partial charge in [0.05, 0.1) is 18.6 Å². The van der Waals surface area contributed by atoms with Crippen molar-refractivity contribution >= 4 is 34.4 Å². The van der Waals surface area contributed by atoms with E-state index >= 15 is 0 Å². The van der Waals surface area contributed by atoms with Gasteiger partial charge in [-0.15, -0.1) is 0 Å². The van der Waals surface area contributed by atoms with Crippen molar-refractivity contribution in [2.45, 2.75) is 90.6 Å². The fraction of sp³-hybridized carbons (Fsp3) is 0.488. The highest BCUT2D eigenvalue weighted by molar-refractivity contribution is 5.97. The number of amides is 2. The number of alkyl halides is 1. The number of piperidine rings is 1. The molecule has 2 heterocycles. The van der Waals surface area contributed by atoms with Crippen LogP contribution in [-0.2, 0) is 9.53 Å². The van der Waals surface area contributed by atoms with Gasteiger partial charge in [-0.05, 0) is 120 Å². The fourth-order valence-corrected chi connectivity index (χ4v) is 6.80. The minimum atomic E-state index is -1.28. The maximum Gasteiger partial charge on any atom is 0.410 e. The van der Waals surface area contributed by atoms with Crippen LogP contribution in [-0.4, -0.2) is 83.4 Å². The Hall–Kier alpha value is -4.62. The molecule has 0 saturated carbocycles. The Morgan fingerprint density at radius 1 is 1.02 bits per heavy atom. The molecule has 2 saturated heterocycles. The van der Waals surface area contributed by atoms with E-state index in [1.54, 1.807) is 26.8 Å². The van der Waals surface area contributed by atoms with Gasteiger partial charge in [-0.1, -0.05) is 48.2 Å². The molecule has 0 aromatic heterocycles. The lowest BCUT2D eigenvalue weighted by molar-refractivity contribution is -0.137. The normalized spacial score (nSPS) is 18.9. The van der Waals surface area contributed by atoms with Crippen molar-refractivity contribution in [1.29, 1.82) is 0 Å². The molecular weight excluding hydrogens is 647 g/mol. The van der Waals surface area contributed by atoms with Gasteiger partial charge in [-0.2, -0.15) is 0 Å². The molecule has 272 valence electrons. The minimum Gasteiger partial charge on any atom is -0.481 e. The van der Waals surface area contributed by atoms with Crippen molar-refractivity contribution < 1.29 is 28.6 Å². The molecular formula is C41H51FN4O5. The number of halogens is 1. The van der Waals surface area contributed by atoms with Crippen molar-refractivity contribution in [3.63, 3.8) is 0 Å². The number of carboxylic acids is 1. The van der Waals surface area contributed by atoms with Gasteiger partial charge in [0, 0.05) is 35.7 Å². The number of ether oxygens (including phenoxy) is 1. The first kappa shape index (κ1) is 37.6. The smallest absolute Gasteiger partial charge is 0.410 e. The van der Waals surface area contributed by atoms with E-state index in [2.05, 4.69) is 39.5 Å². The Bertz CT molecular complexity index is 1790. The lowest BCUT2D eigenvalue weighted by Gasteiger charge is -2.29. The Morgan fingerprint density at radius 2 is 1.75 bits per heavy atom. The summed E-state index contributed by atoms with van der Waals surface area (Å²) in [5.41, 5.74) is 3.17. The number of benzene rings is 3. The summed E-state index contributed by atoms with van der Waals surface area (Å²) in [6.07, 6.45) is 2.03. The minimum absolute atomic E-state index is 0.0558. The summed E-state index contributed by atoms with van der Waals surface area (Å²) >= 11 is 0. The van der Waals surface area contributed by atoms with Gasteiger partial charge in [0.1, 0.15) is 11.8 Å². The maximum absolute atomic E-state index is 15.0. The number of unbranched alkanes of at least 4 members (excludes halogenated alkanes) is 1. The summed E-state index contributed by atoms with van der Waals surface area (Å²) in [5, 5.41) is 17.3. The third-order valence-corrected chi connectivity index (χ3v) is 9.62. The molecule has 0 unspecified atom stereocenters. The molecule has 0 aliphatic carbocycles. The highest BCUT2D eigenvalue weighted by atomic mass is 19.1. The molecule has 0 spiro atoms. The second kappa shape index (κ2) is 16.6. The predicted molar refractivity (Wildman–Crippen MR) is 199 cm³/mol. The molecule has 51 heavy (non-hydrogen) atoms. The SMILES string of the molecule is Cc1ccc(N[C@H]2CN(C(=O)OC(C)(C)C)C[C@@H]2F)cc1C(=O)N[C@H](C)c1ccc(C#CC2CCN(CCCCC(=O)O)CC2)c2ccccc12. The van der Waals surface area contributed by atoms with E-state index in [4.69, 9.17) is 9.84 Å². The third kappa shape index (κ3) is 10.2. The first-order valence-corrected chi connectivity index (χ1v) is 18.0. The first-order valence-electron chi connectivity index (χ1n) is 18.0. The van der Waals surface area contributed by atoms with Crippen LogP contribution < -0.4 is 10.6 Å². The molecule has 2 aliphatic rings. The first-order chi connectivity index (χ1) is 24.3. The Balaban J connectivity index is 1.21. The van der Waals surface area contributed by atoms with E-state index in [0.29, 0.717) is 23.6 Å². The van der Waals surface area contributed by atoms with Gasteiger partial charge >= 0.3 is 12.1 Å². The number of carbonyl (C=O) groups is 3. The predicted octanol–water partition coefficient (Wildman–Crippen LogP) is 7.33. The van der Waals surface area contributed by atoms with Crippen molar-refractivity contribution in [2.75, 3.05) is 38.0 Å². The summed E-state index contributed by atoms with van der Waals surface area (Å²) in [6, 6.07) is 16.7. The quantitative estimate of drug-likeness (QED) is 0.150. The second-order valence-electron chi connectivity index (χ2n) is 14.9. The number of rotatable bonds is 10. The Labute approximate surface area is 300 Å². The van der Waals surface area contributed by atoms with E-state index in [-0.39, 0.29) is 31.5 Å². The van der Waals surface area contributed by atoms with Gasteiger partial charge in [-0.25, -0.2) is 9.18 Å². The lowest BCUT2D eigenvalue weighted by Crippen LogP contribution is -2.36. The largest absolute Gasteiger partial charge is 0.481 e. The van der Waals surface area contributed by atoms with E-state index in [1.165, 1.54) is 4.90 Å². The van der Waals surface area contributed by atoms with Crippen LogP contribution in [0.4, 0.5) is 14.9 Å². The van der Waals surface area contributed by atoms with E-state index in [0.717, 1.165) is 66.4 Å². The van der Waals surface area contributed by atoms with Crippen LogP contribution >= 0.6 is 0 Å². The molecule has 2 fully saturated rings. The van der Waals surface area contributed by atoms with E-state index < -0.39 is 29.9 Å². The summed E-state index contributed by atoms with van der Waals surface area (Å²) < 4.78 is 20.4. The average molecular weight is 699 g/mol. The van der Waals surface area contributed by atoms with Crippen molar-refractivity contribution in [2.24, 2.45) is 5.92 Å². The summed E-state index contributed by atoms with van der Waals surface area (Å²) in [5.74, 6) is 6.32. The molecule has 2 amide bonds. The summed E-state index contributed by atoms with van der Waals surface area (Å²) in [7, 11) is 0. The number of likely N-dealkylation sites (tertiary alicyclic amines) is 2. The van der Waals surface area contributed by atoms with Gasteiger partial charge in [0.15, 0.2) is 0 Å². The monoisotopic (exact) mass is 698 g/mol. The molecule has 5 rings (SSSR count). The zero-order valence-electron chi connectivity index (χ0n) is 30.4. The van der Waals surface area contributed by atoms with Crippen LogP contribution in [0.15, 0.2) is 54.6 Å². The Morgan fingerprint density at radius 3 is 2.45 bits per heavy atom. The van der Waals surface area contributed by atoms with Crippen LogP contribution in [0, 0.1) is 24.7 Å². The number of hydrogen-bond donors (Lipinski definition) is 3. The number of nitrogens with one attached hydrogen (secondary N) is 2. The van der Waals surface area contributed by atoms with Crippen LogP contribution in [0.2, 0.25) is 0 Å². The van der Waals surface area contributed by atoms with Gasteiger partial charge < -0.3 is 30.3 Å². The Kier molecular flexibility index (Phi) is 12.2. The van der Waals surface area contributed by atoms with Crippen molar-refractivity contribution in [3.8, 4) is 11.8 Å². The number of carbonyl (C=O) groups excluding carboxylic acids is 2. The van der Waals surface area contributed by atoms with Gasteiger partial charge in [0.25, 0.3) is 5.91 Å². The number of aryl methyl sites for hydroxylation is 1. The molecule has 2 aliphatic heterocycles. The number of nitrogens with zero attached hydrogens (tertiary/aromatic N) is 2. The van der Waals surface area contributed by atoms with Gasteiger partial charge in [0.2, 0.25) is 0 Å². The molecule has 10 heteroatoms. The molecule has 3 aromatic rings. The van der Waals surface area contributed by atoms with Crippen molar-refractivity contribution in [1.82, 2.24) is 15.1 Å². The lowest BCUT2D eigenvalue weighted by atomic mass is 9.94. The van der Waals surface area contributed by atoms with Gasteiger partial charge in [-0.3, -0.25) is 9.59 Å².